The second-order valence-electron chi connectivity index (χ2n) is 5.31. The van der Waals surface area contributed by atoms with E-state index in [0.29, 0.717) is 5.69 Å². The Morgan fingerprint density at radius 2 is 2.26 bits per heavy atom. The molecule has 2 rings (SSSR count). The fraction of sp³-hybridized carbons (Fsp3) is 0.583. The van der Waals surface area contributed by atoms with E-state index in [0.717, 1.165) is 18.9 Å². The summed E-state index contributed by atoms with van der Waals surface area (Å²) < 4.78 is 5.84. The molecule has 0 aliphatic carbocycles. The van der Waals surface area contributed by atoms with Gasteiger partial charge in [0.05, 0.1) is 24.1 Å². The second-order valence-corrected chi connectivity index (χ2v) is 5.31. The highest BCUT2D eigenvalue weighted by atomic mass is 16.5. The van der Waals surface area contributed by atoms with Crippen molar-refractivity contribution in [1.29, 1.82) is 0 Å². The Labute approximate surface area is 112 Å². The minimum atomic E-state index is -0.219. The summed E-state index contributed by atoms with van der Waals surface area (Å²) in [6.45, 7) is 7.64. The lowest BCUT2D eigenvalue weighted by Gasteiger charge is -2.42. The largest absolute Gasteiger partial charge is 0.409 e. The number of nitrogens with two attached hydrogens (primary N) is 1. The molecule has 2 heterocycles. The second kappa shape index (κ2) is 5.00. The molecular weight excluding hydrogens is 246 g/mol. The van der Waals surface area contributed by atoms with E-state index in [1.807, 2.05) is 20.8 Å². The molecule has 1 aromatic rings. The Morgan fingerprint density at radius 1 is 1.53 bits per heavy atom. The maximum absolute atomic E-state index is 8.58. The third-order valence-corrected chi connectivity index (χ3v) is 2.90. The van der Waals surface area contributed by atoms with Crippen molar-refractivity contribution in [2.24, 2.45) is 10.9 Å². The van der Waals surface area contributed by atoms with Crippen LogP contribution >= 0.6 is 0 Å². The van der Waals surface area contributed by atoms with Gasteiger partial charge in [0.1, 0.15) is 11.5 Å². The molecule has 0 radical (unpaired) electrons. The fourth-order valence-corrected chi connectivity index (χ4v) is 2.30. The van der Waals surface area contributed by atoms with Crippen molar-refractivity contribution in [2.75, 3.05) is 18.0 Å². The number of aromatic nitrogens is 2. The van der Waals surface area contributed by atoms with E-state index >= 15 is 0 Å². The lowest BCUT2D eigenvalue weighted by molar-refractivity contribution is -0.0751. The van der Waals surface area contributed by atoms with Gasteiger partial charge < -0.3 is 20.6 Å². The van der Waals surface area contributed by atoms with Crippen molar-refractivity contribution in [1.82, 2.24) is 9.97 Å². The van der Waals surface area contributed by atoms with Crippen LogP contribution in [0.2, 0.25) is 0 Å². The topological polar surface area (TPSA) is 96.9 Å². The first-order chi connectivity index (χ1) is 8.91. The lowest BCUT2D eigenvalue weighted by Crippen LogP contribution is -2.52. The molecule has 1 aromatic heterocycles. The molecule has 104 valence electrons. The molecular formula is C12H19N5O2. The summed E-state index contributed by atoms with van der Waals surface area (Å²) in [6.07, 6.45) is 3.26. The maximum Gasteiger partial charge on any atom is 0.190 e. The third-order valence-electron chi connectivity index (χ3n) is 2.90. The summed E-state index contributed by atoms with van der Waals surface area (Å²) in [5.41, 5.74) is 5.59. The van der Waals surface area contributed by atoms with Crippen LogP contribution in [0.5, 0.6) is 0 Å². The molecule has 19 heavy (non-hydrogen) atoms. The van der Waals surface area contributed by atoms with E-state index in [2.05, 4.69) is 20.0 Å². The van der Waals surface area contributed by atoms with E-state index in [9.17, 15) is 0 Å². The Balaban J connectivity index is 2.18. The Kier molecular flexibility index (Phi) is 3.57. The Hall–Kier alpha value is -1.89. The maximum atomic E-state index is 8.58. The highest BCUT2D eigenvalue weighted by Gasteiger charge is 2.32. The molecule has 1 saturated heterocycles. The summed E-state index contributed by atoms with van der Waals surface area (Å²) in [4.78, 5) is 10.6. The molecule has 1 aliphatic heterocycles. The Bertz CT molecular complexity index is 472. The van der Waals surface area contributed by atoms with Crippen molar-refractivity contribution in [3.63, 3.8) is 0 Å². The smallest absolute Gasteiger partial charge is 0.190 e. The molecule has 1 fully saturated rings. The van der Waals surface area contributed by atoms with E-state index in [1.165, 1.54) is 6.20 Å². The monoisotopic (exact) mass is 265 g/mol. The van der Waals surface area contributed by atoms with Crippen LogP contribution in [0.15, 0.2) is 17.5 Å². The zero-order valence-corrected chi connectivity index (χ0v) is 11.4. The molecule has 0 aromatic carbocycles. The molecule has 0 amide bonds. The molecule has 0 bridgehead atoms. The van der Waals surface area contributed by atoms with Crippen LogP contribution in [0.25, 0.3) is 0 Å². The van der Waals surface area contributed by atoms with Gasteiger partial charge in [-0.2, -0.15) is 0 Å². The van der Waals surface area contributed by atoms with Crippen LogP contribution in [-0.2, 0) is 4.74 Å². The molecule has 7 nitrogen and oxygen atoms in total. The average Bonchev–Trinajstić information content (AvgIpc) is 2.35. The number of ether oxygens (including phenoxy) is 1. The SMILES string of the molecule is CC1CN(c2cnc(C(N)=NO)cn2)CC(C)(C)O1. The van der Waals surface area contributed by atoms with E-state index < -0.39 is 0 Å². The highest BCUT2D eigenvalue weighted by Crippen LogP contribution is 2.24. The van der Waals surface area contributed by atoms with Crippen molar-refractivity contribution >= 4 is 11.7 Å². The number of oxime groups is 1. The zero-order valence-electron chi connectivity index (χ0n) is 11.4. The fourth-order valence-electron chi connectivity index (χ4n) is 2.30. The van der Waals surface area contributed by atoms with Crippen LogP contribution in [0.4, 0.5) is 5.82 Å². The van der Waals surface area contributed by atoms with Crippen LogP contribution in [0.1, 0.15) is 26.5 Å². The van der Waals surface area contributed by atoms with Gasteiger partial charge in [0, 0.05) is 13.1 Å². The predicted octanol–water partition coefficient (Wildman–Crippen LogP) is 0.575. The van der Waals surface area contributed by atoms with Crippen LogP contribution in [-0.4, -0.2) is 45.8 Å². The molecule has 1 aliphatic rings. The zero-order chi connectivity index (χ0) is 14.0. The standard InChI is InChI=1S/C12H19N5O2/c1-8-6-17(7-12(2,3)19-8)10-5-14-9(4-15-10)11(13)16-18/h4-5,8,18H,6-7H2,1-3H3,(H2,13,16). The summed E-state index contributed by atoms with van der Waals surface area (Å²) in [6, 6.07) is 0. The van der Waals surface area contributed by atoms with Gasteiger partial charge >= 0.3 is 0 Å². The van der Waals surface area contributed by atoms with Gasteiger partial charge in [-0.1, -0.05) is 5.16 Å². The molecule has 7 heteroatoms. The van der Waals surface area contributed by atoms with Gasteiger partial charge in [0.15, 0.2) is 5.84 Å². The highest BCUT2D eigenvalue weighted by molar-refractivity contribution is 5.94. The van der Waals surface area contributed by atoms with Crippen LogP contribution in [0, 0.1) is 0 Å². The van der Waals surface area contributed by atoms with Gasteiger partial charge in [-0.3, -0.25) is 0 Å². The van der Waals surface area contributed by atoms with Crippen molar-refractivity contribution in [3.8, 4) is 0 Å². The van der Waals surface area contributed by atoms with Gasteiger partial charge in [-0.05, 0) is 20.8 Å². The molecule has 0 spiro atoms. The summed E-state index contributed by atoms with van der Waals surface area (Å²) in [5.74, 6) is 0.715. The van der Waals surface area contributed by atoms with Crippen LogP contribution < -0.4 is 10.6 Å². The van der Waals surface area contributed by atoms with Gasteiger partial charge in [0.25, 0.3) is 0 Å². The number of amidine groups is 1. The predicted molar refractivity (Wildman–Crippen MR) is 71.4 cm³/mol. The lowest BCUT2D eigenvalue weighted by atomic mass is 10.1. The van der Waals surface area contributed by atoms with Crippen molar-refractivity contribution in [2.45, 2.75) is 32.5 Å². The summed E-state index contributed by atoms with van der Waals surface area (Å²) in [5, 5.41) is 11.5. The molecule has 3 N–H and O–H groups in total. The summed E-state index contributed by atoms with van der Waals surface area (Å²) in [7, 11) is 0. The molecule has 1 unspecified atom stereocenters. The number of hydrogen-bond donors (Lipinski definition) is 2. The number of anilines is 1. The summed E-state index contributed by atoms with van der Waals surface area (Å²) >= 11 is 0. The minimum Gasteiger partial charge on any atom is -0.409 e. The van der Waals surface area contributed by atoms with Crippen molar-refractivity contribution < 1.29 is 9.94 Å². The van der Waals surface area contributed by atoms with E-state index in [4.69, 9.17) is 15.7 Å². The van der Waals surface area contributed by atoms with Crippen LogP contribution in [0.3, 0.4) is 0 Å². The van der Waals surface area contributed by atoms with Gasteiger partial charge in [0.2, 0.25) is 0 Å². The Morgan fingerprint density at radius 3 is 2.79 bits per heavy atom. The third kappa shape index (κ3) is 3.11. The first-order valence-corrected chi connectivity index (χ1v) is 6.14. The molecule has 0 saturated carbocycles. The number of rotatable bonds is 2. The first-order valence-electron chi connectivity index (χ1n) is 6.14. The average molecular weight is 265 g/mol. The first kappa shape index (κ1) is 13.5. The number of morpholine rings is 1. The van der Waals surface area contributed by atoms with Crippen molar-refractivity contribution in [3.05, 3.63) is 18.1 Å². The van der Waals surface area contributed by atoms with E-state index in [-0.39, 0.29) is 17.5 Å². The normalized spacial score (nSPS) is 23.4. The number of nitrogens with zero attached hydrogens (tertiary/aromatic N) is 4. The number of hydrogen-bond acceptors (Lipinski definition) is 6. The molecule has 1 atom stereocenters. The quantitative estimate of drug-likeness (QED) is 0.351. The minimum absolute atomic E-state index is 0.0466. The van der Waals surface area contributed by atoms with E-state index in [1.54, 1.807) is 6.20 Å². The van der Waals surface area contributed by atoms with Gasteiger partial charge in [-0.15, -0.1) is 0 Å². The van der Waals surface area contributed by atoms with Gasteiger partial charge in [-0.25, -0.2) is 9.97 Å².